The van der Waals surface area contributed by atoms with Crippen LogP contribution in [0.15, 0.2) is 12.2 Å². The third-order valence-corrected chi connectivity index (χ3v) is 4.30. The zero-order valence-corrected chi connectivity index (χ0v) is 14.9. The predicted octanol–water partition coefficient (Wildman–Crippen LogP) is 2.26. The van der Waals surface area contributed by atoms with Crippen molar-refractivity contribution in [2.45, 2.75) is 78.4 Å². The molecule has 0 aromatic carbocycles. The molecule has 0 bridgehead atoms. The highest BCUT2D eigenvalue weighted by atomic mass is 16.4. The van der Waals surface area contributed by atoms with E-state index in [0.717, 1.165) is 38.8 Å². The highest BCUT2D eigenvalue weighted by Gasteiger charge is 2.37. The second-order valence-electron chi connectivity index (χ2n) is 6.20. The smallest absolute Gasteiger partial charge is 0.129 e. The Balaban J connectivity index is 5.03. The van der Waals surface area contributed by atoms with E-state index in [0.29, 0.717) is 23.9 Å². The van der Waals surface area contributed by atoms with Gasteiger partial charge in [-0.05, 0) is 32.1 Å². The minimum atomic E-state index is -0.984. The first-order valence-corrected chi connectivity index (χ1v) is 8.87. The van der Waals surface area contributed by atoms with Crippen molar-refractivity contribution < 1.29 is 19.5 Å². The van der Waals surface area contributed by atoms with Gasteiger partial charge in [-0.1, -0.05) is 39.8 Å². The Morgan fingerprint density at radius 2 is 1.73 bits per heavy atom. The minimum absolute atomic E-state index is 0.449. The van der Waals surface area contributed by atoms with E-state index in [2.05, 4.69) is 32.9 Å². The van der Waals surface area contributed by atoms with Gasteiger partial charge in [-0.2, -0.15) is 0 Å². The molecule has 0 saturated heterocycles. The lowest BCUT2D eigenvalue weighted by Crippen LogP contribution is -2.64. The van der Waals surface area contributed by atoms with Crippen LogP contribution in [0.25, 0.3) is 0 Å². The zero-order chi connectivity index (χ0) is 17.0. The molecule has 0 aromatic rings. The number of carbonyl (C=O) groups excluding carboxylic acids is 1. The molecule has 0 amide bonds. The Hall–Kier alpha value is -0.870. The Morgan fingerprint density at radius 1 is 1.14 bits per heavy atom. The Bertz CT molecular complexity index is 322. The number of aliphatic hydroxyl groups excluding tert-OH is 1. The van der Waals surface area contributed by atoms with Gasteiger partial charge in [-0.3, -0.25) is 0 Å². The van der Waals surface area contributed by atoms with Crippen LogP contribution in [-0.2, 0) is 4.79 Å². The largest absolute Gasteiger partial charge is 0.544 e. The molecule has 0 spiro atoms. The first-order valence-electron chi connectivity index (χ1n) is 8.87. The number of carboxylic acid groups (broad SMARTS) is 1. The quantitative estimate of drug-likeness (QED) is 0.419. The van der Waals surface area contributed by atoms with Gasteiger partial charge in [-0.15, -0.1) is 0 Å². The molecule has 4 nitrogen and oxygen atoms in total. The van der Waals surface area contributed by atoms with E-state index < -0.39 is 18.1 Å². The molecule has 0 aliphatic rings. The molecule has 0 aliphatic carbocycles. The molecule has 1 N–H and O–H groups in total. The van der Waals surface area contributed by atoms with Crippen molar-refractivity contribution in [1.82, 2.24) is 0 Å². The first kappa shape index (κ1) is 21.1. The maximum Gasteiger partial charge on any atom is 0.129 e. The maximum atomic E-state index is 11.6. The van der Waals surface area contributed by atoms with Crippen LogP contribution >= 0.6 is 0 Å². The number of hydrogen-bond acceptors (Lipinski definition) is 3. The number of aliphatic carboxylic acids is 1. The van der Waals surface area contributed by atoms with E-state index in [-0.39, 0.29) is 0 Å². The molecule has 0 saturated carbocycles. The topological polar surface area (TPSA) is 60.4 Å². The molecule has 0 aromatic heterocycles. The van der Waals surface area contributed by atoms with Crippen LogP contribution in [0.5, 0.6) is 0 Å². The number of carboxylic acids is 1. The average molecular weight is 313 g/mol. The second kappa shape index (κ2) is 11.7. The summed E-state index contributed by atoms with van der Waals surface area (Å²) < 4.78 is 0.449. The van der Waals surface area contributed by atoms with E-state index >= 15 is 0 Å². The van der Waals surface area contributed by atoms with Crippen molar-refractivity contribution in [2.24, 2.45) is 0 Å². The molecule has 0 aliphatic heterocycles. The van der Waals surface area contributed by atoms with Gasteiger partial charge in [0.05, 0.1) is 19.1 Å². The van der Waals surface area contributed by atoms with Gasteiger partial charge in [-0.25, -0.2) is 0 Å². The summed E-state index contributed by atoms with van der Waals surface area (Å²) in [6.07, 6.45) is 8.63. The number of nitrogens with zero attached hydrogens (tertiary/aromatic N) is 1. The molecular formula is C18H35NO3. The number of aliphatic hydroxyl groups is 1. The van der Waals surface area contributed by atoms with Crippen LogP contribution in [0.2, 0.25) is 0 Å². The Labute approximate surface area is 136 Å². The van der Waals surface area contributed by atoms with Crippen LogP contribution in [-0.4, -0.2) is 47.3 Å². The summed E-state index contributed by atoms with van der Waals surface area (Å²) >= 11 is 0. The first-order chi connectivity index (χ1) is 10.5. The van der Waals surface area contributed by atoms with Gasteiger partial charge in [0.15, 0.2) is 0 Å². The summed E-state index contributed by atoms with van der Waals surface area (Å²) in [5.41, 5.74) is 0. The lowest BCUT2D eigenvalue weighted by Gasteiger charge is -2.46. The second-order valence-corrected chi connectivity index (χ2v) is 6.20. The summed E-state index contributed by atoms with van der Waals surface area (Å²) in [5.74, 6) is -0.984. The minimum Gasteiger partial charge on any atom is -0.544 e. The average Bonchev–Trinajstić information content (AvgIpc) is 2.44. The van der Waals surface area contributed by atoms with Crippen LogP contribution in [0, 0.1) is 0 Å². The lowest BCUT2D eigenvalue weighted by atomic mass is 10.0. The van der Waals surface area contributed by atoms with Crippen molar-refractivity contribution in [3.05, 3.63) is 12.2 Å². The van der Waals surface area contributed by atoms with Gasteiger partial charge < -0.3 is 19.5 Å². The Morgan fingerprint density at radius 3 is 2.14 bits per heavy atom. The summed E-state index contributed by atoms with van der Waals surface area (Å²) in [6, 6.07) is -0.527. The number of rotatable bonds is 13. The van der Waals surface area contributed by atoms with Crippen LogP contribution in [0.1, 0.15) is 66.2 Å². The van der Waals surface area contributed by atoms with Gasteiger partial charge in [0.2, 0.25) is 0 Å². The van der Waals surface area contributed by atoms with E-state index in [4.69, 9.17) is 0 Å². The van der Waals surface area contributed by atoms with Gasteiger partial charge in [0.25, 0.3) is 0 Å². The van der Waals surface area contributed by atoms with E-state index in [1.807, 2.05) is 6.92 Å². The molecule has 4 heteroatoms. The number of hydrogen-bond donors (Lipinski definition) is 1. The van der Waals surface area contributed by atoms with Crippen LogP contribution in [0.4, 0.5) is 0 Å². The number of carbonyl (C=O) groups is 1. The van der Waals surface area contributed by atoms with Crippen molar-refractivity contribution >= 4 is 5.97 Å². The molecule has 2 unspecified atom stereocenters. The van der Waals surface area contributed by atoms with E-state index in [1.165, 1.54) is 0 Å². The maximum absolute atomic E-state index is 11.6. The normalized spacial score (nSPS) is 15.1. The fourth-order valence-electron chi connectivity index (χ4n) is 3.49. The van der Waals surface area contributed by atoms with Crippen molar-refractivity contribution in [2.75, 3.05) is 19.6 Å². The van der Waals surface area contributed by atoms with Crippen molar-refractivity contribution in [3.63, 3.8) is 0 Å². The third kappa shape index (κ3) is 6.93. The summed E-state index contributed by atoms with van der Waals surface area (Å²) in [5, 5.41) is 22.0. The van der Waals surface area contributed by atoms with Crippen LogP contribution < -0.4 is 5.11 Å². The standard InChI is InChI=1S/C18H35NO3/c1-5-9-10-11-12-16(20)15-19(13-6-2,14-7-3)17(8-4)18(21)22/h9-10,16-17,20H,5-8,11-15H2,1-4H3/b10-9+. The molecule has 0 radical (unpaired) electrons. The molecule has 0 heterocycles. The summed E-state index contributed by atoms with van der Waals surface area (Å²) in [6.45, 7) is 10.2. The van der Waals surface area contributed by atoms with Crippen LogP contribution in [0.3, 0.4) is 0 Å². The molecule has 0 rings (SSSR count). The van der Waals surface area contributed by atoms with Crippen molar-refractivity contribution in [1.29, 1.82) is 0 Å². The van der Waals surface area contributed by atoms with Gasteiger partial charge in [0.1, 0.15) is 18.7 Å². The number of quaternary nitrogens is 1. The van der Waals surface area contributed by atoms with E-state index in [1.54, 1.807) is 0 Å². The van der Waals surface area contributed by atoms with Gasteiger partial charge in [0, 0.05) is 6.42 Å². The van der Waals surface area contributed by atoms with Crippen molar-refractivity contribution in [3.8, 4) is 0 Å². The SMILES string of the molecule is CC/C=C/CCC(O)C[N+](CCC)(CCC)C(CC)C(=O)[O-]. The summed E-state index contributed by atoms with van der Waals surface area (Å²) in [4.78, 5) is 11.6. The lowest BCUT2D eigenvalue weighted by molar-refractivity contribution is -0.948. The Kier molecular flexibility index (Phi) is 11.2. The van der Waals surface area contributed by atoms with Gasteiger partial charge >= 0.3 is 0 Å². The molecule has 0 fully saturated rings. The molecule has 130 valence electrons. The molecule has 22 heavy (non-hydrogen) atoms. The molecule has 2 atom stereocenters. The summed E-state index contributed by atoms with van der Waals surface area (Å²) in [7, 11) is 0. The third-order valence-electron chi connectivity index (χ3n) is 4.30. The predicted molar refractivity (Wildman–Crippen MR) is 89.2 cm³/mol. The fraction of sp³-hybridized carbons (Fsp3) is 0.833. The fourth-order valence-corrected chi connectivity index (χ4v) is 3.49. The highest BCUT2D eigenvalue weighted by Crippen LogP contribution is 2.21. The van der Waals surface area contributed by atoms with E-state index in [9.17, 15) is 15.0 Å². The number of allylic oxidation sites excluding steroid dienone is 2. The molecular weight excluding hydrogens is 278 g/mol. The monoisotopic (exact) mass is 313 g/mol. The highest BCUT2D eigenvalue weighted by molar-refractivity contribution is 5.69. The zero-order valence-electron chi connectivity index (χ0n) is 14.9.